The minimum atomic E-state index is -0.0201. The van der Waals surface area contributed by atoms with Gasteiger partial charge in [-0.05, 0) is 19.3 Å². The molecule has 126 valence electrons. The minimum absolute atomic E-state index is 0.0193. The highest BCUT2D eigenvalue weighted by Gasteiger charge is 2.44. The van der Waals surface area contributed by atoms with Crippen LogP contribution in [0.2, 0.25) is 0 Å². The zero-order chi connectivity index (χ0) is 16.7. The Morgan fingerprint density at radius 3 is 2.23 bits per heavy atom. The average molecular weight is 309 g/mol. The first-order valence-electron chi connectivity index (χ1n) is 8.30. The SMILES string of the molecule is CC(=O)N1C[C@@H]2CN(C(=O)CC(C)(C)C)CCN2C(C)(C)C1. The van der Waals surface area contributed by atoms with Crippen molar-refractivity contribution in [1.82, 2.24) is 14.7 Å². The average Bonchev–Trinajstić information content (AvgIpc) is 2.35. The van der Waals surface area contributed by atoms with Gasteiger partial charge in [-0.2, -0.15) is 0 Å². The van der Waals surface area contributed by atoms with Crippen LogP contribution >= 0.6 is 0 Å². The van der Waals surface area contributed by atoms with Crippen molar-refractivity contribution in [1.29, 1.82) is 0 Å². The van der Waals surface area contributed by atoms with Crippen molar-refractivity contribution in [3.05, 3.63) is 0 Å². The molecule has 2 amide bonds. The molecule has 2 aliphatic heterocycles. The molecule has 1 atom stereocenters. The molecule has 0 aliphatic carbocycles. The molecule has 0 aromatic rings. The molecule has 2 heterocycles. The van der Waals surface area contributed by atoms with E-state index in [0.717, 1.165) is 32.7 Å². The van der Waals surface area contributed by atoms with Gasteiger partial charge in [0.2, 0.25) is 11.8 Å². The van der Waals surface area contributed by atoms with Crippen LogP contribution in [0, 0.1) is 5.41 Å². The summed E-state index contributed by atoms with van der Waals surface area (Å²) in [5, 5.41) is 0. The van der Waals surface area contributed by atoms with Crippen LogP contribution in [0.3, 0.4) is 0 Å². The molecule has 2 aliphatic rings. The third kappa shape index (κ3) is 3.80. The van der Waals surface area contributed by atoms with E-state index in [2.05, 4.69) is 39.5 Å². The summed E-state index contributed by atoms with van der Waals surface area (Å²) in [5.41, 5.74) is -0.000769. The summed E-state index contributed by atoms with van der Waals surface area (Å²) in [6, 6.07) is 0.255. The lowest BCUT2D eigenvalue weighted by molar-refractivity contribution is -0.146. The van der Waals surface area contributed by atoms with E-state index in [0.29, 0.717) is 6.42 Å². The summed E-state index contributed by atoms with van der Waals surface area (Å²) in [5.74, 6) is 0.371. The van der Waals surface area contributed by atoms with Crippen molar-refractivity contribution in [3.63, 3.8) is 0 Å². The molecule has 0 aromatic carbocycles. The highest BCUT2D eigenvalue weighted by atomic mass is 16.2. The lowest BCUT2D eigenvalue weighted by Gasteiger charge is -2.55. The normalized spacial score (nSPS) is 25.8. The summed E-state index contributed by atoms with van der Waals surface area (Å²) in [7, 11) is 0. The van der Waals surface area contributed by atoms with Gasteiger partial charge in [0.25, 0.3) is 0 Å². The molecule has 2 rings (SSSR count). The molecule has 0 spiro atoms. The largest absolute Gasteiger partial charge is 0.340 e. The fourth-order valence-corrected chi connectivity index (χ4v) is 3.72. The Hall–Kier alpha value is -1.10. The van der Waals surface area contributed by atoms with Crippen molar-refractivity contribution >= 4 is 11.8 Å². The van der Waals surface area contributed by atoms with Gasteiger partial charge in [0.05, 0.1) is 0 Å². The fraction of sp³-hybridized carbons (Fsp3) is 0.882. The van der Waals surface area contributed by atoms with E-state index >= 15 is 0 Å². The van der Waals surface area contributed by atoms with E-state index in [4.69, 9.17) is 0 Å². The first-order valence-corrected chi connectivity index (χ1v) is 8.30. The predicted molar refractivity (Wildman–Crippen MR) is 87.5 cm³/mol. The van der Waals surface area contributed by atoms with E-state index in [1.165, 1.54) is 0 Å². The van der Waals surface area contributed by atoms with E-state index in [1.807, 2.05) is 9.80 Å². The summed E-state index contributed by atoms with van der Waals surface area (Å²) >= 11 is 0. The Balaban J connectivity index is 2.07. The molecule has 5 heteroatoms. The summed E-state index contributed by atoms with van der Waals surface area (Å²) in [6.45, 7) is 16.3. The van der Waals surface area contributed by atoms with Crippen molar-refractivity contribution in [2.75, 3.05) is 32.7 Å². The van der Waals surface area contributed by atoms with E-state index in [1.54, 1.807) is 6.92 Å². The Labute approximate surface area is 134 Å². The van der Waals surface area contributed by atoms with Gasteiger partial charge in [0.1, 0.15) is 0 Å². The molecule has 0 saturated carbocycles. The maximum Gasteiger partial charge on any atom is 0.223 e. The number of amides is 2. The van der Waals surface area contributed by atoms with Crippen molar-refractivity contribution in [2.45, 2.75) is 59.5 Å². The molecular formula is C17H31N3O2. The summed E-state index contributed by atoms with van der Waals surface area (Å²) in [6.07, 6.45) is 0.583. The van der Waals surface area contributed by atoms with Crippen molar-refractivity contribution in [3.8, 4) is 0 Å². The number of fused-ring (bicyclic) bond motifs is 1. The maximum absolute atomic E-state index is 12.5. The van der Waals surface area contributed by atoms with Crippen LogP contribution in [0.4, 0.5) is 0 Å². The van der Waals surface area contributed by atoms with E-state index in [-0.39, 0.29) is 28.8 Å². The van der Waals surface area contributed by atoms with E-state index < -0.39 is 0 Å². The Kier molecular flexibility index (Phi) is 4.58. The second-order valence-electron chi connectivity index (χ2n) is 8.64. The zero-order valence-electron chi connectivity index (χ0n) is 15.0. The number of nitrogens with zero attached hydrogens (tertiary/aromatic N) is 3. The molecule has 0 N–H and O–H groups in total. The molecular weight excluding hydrogens is 278 g/mol. The number of hydrogen-bond acceptors (Lipinski definition) is 3. The molecule has 0 aromatic heterocycles. The number of carbonyl (C=O) groups is 2. The fourth-order valence-electron chi connectivity index (χ4n) is 3.72. The van der Waals surface area contributed by atoms with Crippen molar-refractivity contribution < 1.29 is 9.59 Å². The molecule has 0 radical (unpaired) electrons. The number of hydrogen-bond donors (Lipinski definition) is 0. The van der Waals surface area contributed by atoms with Gasteiger partial charge in [0, 0.05) is 57.6 Å². The smallest absolute Gasteiger partial charge is 0.223 e. The third-order valence-electron chi connectivity index (χ3n) is 4.75. The van der Waals surface area contributed by atoms with Gasteiger partial charge in [-0.3, -0.25) is 14.5 Å². The predicted octanol–water partition coefficient (Wildman–Crippen LogP) is 1.58. The Morgan fingerprint density at radius 2 is 1.68 bits per heavy atom. The first kappa shape index (κ1) is 17.3. The van der Waals surface area contributed by atoms with Crippen molar-refractivity contribution in [2.24, 2.45) is 5.41 Å². The van der Waals surface area contributed by atoms with Gasteiger partial charge in [-0.25, -0.2) is 0 Å². The lowest BCUT2D eigenvalue weighted by atomic mass is 9.90. The lowest BCUT2D eigenvalue weighted by Crippen LogP contribution is -2.70. The standard InChI is InChI=1S/C17H31N3O2/c1-13(21)19-11-14-10-18(15(22)9-16(2,3)4)7-8-20(14)17(5,6)12-19/h14H,7-12H2,1-6H3/t14-/m0/s1. The highest BCUT2D eigenvalue weighted by molar-refractivity contribution is 5.77. The minimum Gasteiger partial charge on any atom is -0.340 e. The molecule has 5 nitrogen and oxygen atoms in total. The topological polar surface area (TPSA) is 43.9 Å². The maximum atomic E-state index is 12.5. The van der Waals surface area contributed by atoms with Gasteiger partial charge in [0.15, 0.2) is 0 Å². The van der Waals surface area contributed by atoms with Crippen LogP contribution in [-0.4, -0.2) is 70.8 Å². The van der Waals surface area contributed by atoms with Gasteiger partial charge in [-0.1, -0.05) is 20.8 Å². The van der Waals surface area contributed by atoms with Gasteiger partial charge in [-0.15, -0.1) is 0 Å². The van der Waals surface area contributed by atoms with Crippen LogP contribution in [0.15, 0.2) is 0 Å². The van der Waals surface area contributed by atoms with Crippen LogP contribution in [0.5, 0.6) is 0 Å². The second kappa shape index (κ2) is 5.84. The molecule has 0 unspecified atom stereocenters. The van der Waals surface area contributed by atoms with Crippen LogP contribution < -0.4 is 0 Å². The van der Waals surface area contributed by atoms with Crippen LogP contribution in [0.25, 0.3) is 0 Å². The summed E-state index contributed by atoms with van der Waals surface area (Å²) < 4.78 is 0. The number of carbonyl (C=O) groups excluding carboxylic acids is 2. The highest BCUT2D eigenvalue weighted by Crippen LogP contribution is 2.29. The van der Waals surface area contributed by atoms with Crippen LogP contribution in [0.1, 0.15) is 48.0 Å². The molecule has 2 fully saturated rings. The monoisotopic (exact) mass is 309 g/mol. The van der Waals surface area contributed by atoms with E-state index in [9.17, 15) is 9.59 Å². The molecule has 0 bridgehead atoms. The number of rotatable bonds is 1. The zero-order valence-corrected chi connectivity index (χ0v) is 15.0. The van der Waals surface area contributed by atoms with Crippen LogP contribution in [-0.2, 0) is 9.59 Å². The van der Waals surface area contributed by atoms with Gasteiger partial charge >= 0.3 is 0 Å². The third-order valence-corrected chi connectivity index (χ3v) is 4.75. The van der Waals surface area contributed by atoms with Gasteiger partial charge < -0.3 is 9.80 Å². The Bertz CT molecular complexity index is 453. The Morgan fingerprint density at radius 1 is 1.09 bits per heavy atom. The molecule has 22 heavy (non-hydrogen) atoms. The quantitative estimate of drug-likeness (QED) is 0.738. The molecule has 2 saturated heterocycles. The summed E-state index contributed by atoms with van der Waals surface area (Å²) in [4.78, 5) is 30.7. The first-order chi connectivity index (χ1) is 9.99. The second-order valence-corrected chi connectivity index (χ2v) is 8.64. The number of piperazine rings is 2.